The Bertz CT molecular complexity index is 830. The predicted octanol–water partition coefficient (Wildman–Crippen LogP) is 9.01. The molecule has 1 aliphatic heterocycles. The van der Waals surface area contributed by atoms with Crippen molar-refractivity contribution in [1.82, 2.24) is 4.90 Å². The maximum absolute atomic E-state index is 2.86. The summed E-state index contributed by atoms with van der Waals surface area (Å²) in [5.74, 6) is 5.74. The molecule has 4 aliphatic rings. The Balaban J connectivity index is 1.27. The standard InChI is InChI=1S/C34H55N/c1-24(2)11-10-12-25(3)29-16-17-30-28-15-18-32-34(5,31(28)20-22-33(29,30)4)21-19-27(35(32)6)23-26-13-8-7-9-14-26/h7-9,13-14,24-25,27-32H,10-12,15-23H2,1-6H3/t25-,27+,28+,29+,30-,31+,32+,33+,34+/m0/s1. The zero-order valence-corrected chi connectivity index (χ0v) is 23.9. The van der Waals surface area contributed by atoms with Gasteiger partial charge in [0.05, 0.1) is 0 Å². The Hall–Kier alpha value is -0.820. The van der Waals surface area contributed by atoms with E-state index in [1.807, 2.05) is 0 Å². The second-order valence-corrected chi connectivity index (χ2v) is 14.6. The Labute approximate surface area is 217 Å². The van der Waals surface area contributed by atoms with E-state index in [1.165, 1.54) is 82.6 Å². The summed E-state index contributed by atoms with van der Waals surface area (Å²) in [7, 11) is 2.48. The lowest BCUT2D eigenvalue weighted by atomic mass is 9.46. The van der Waals surface area contributed by atoms with E-state index in [2.05, 4.69) is 76.9 Å². The van der Waals surface area contributed by atoms with Crippen LogP contribution in [-0.4, -0.2) is 24.0 Å². The highest BCUT2D eigenvalue weighted by Crippen LogP contribution is 2.67. The van der Waals surface area contributed by atoms with E-state index in [0.717, 1.165) is 47.6 Å². The van der Waals surface area contributed by atoms with Crippen LogP contribution in [0, 0.1) is 46.3 Å². The summed E-state index contributed by atoms with van der Waals surface area (Å²) in [6.07, 6.45) is 17.4. The summed E-state index contributed by atoms with van der Waals surface area (Å²) in [5, 5.41) is 0. The van der Waals surface area contributed by atoms with Crippen molar-refractivity contribution in [1.29, 1.82) is 0 Å². The molecule has 0 radical (unpaired) electrons. The summed E-state index contributed by atoms with van der Waals surface area (Å²) >= 11 is 0. The van der Waals surface area contributed by atoms with Gasteiger partial charge in [-0.15, -0.1) is 0 Å². The molecule has 0 N–H and O–H groups in total. The summed E-state index contributed by atoms with van der Waals surface area (Å²) in [4.78, 5) is 2.86. The van der Waals surface area contributed by atoms with Crippen LogP contribution in [0.15, 0.2) is 30.3 Å². The molecule has 3 aliphatic carbocycles. The van der Waals surface area contributed by atoms with Gasteiger partial charge in [0, 0.05) is 12.1 Å². The number of hydrogen-bond acceptors (Lipinski definition) is 1. The van der Waals surface area contributed by atoms with Crippen LogP contribution in [0.2, 0.25) is 0 Å². The Morgan fingerprint density at radius 2 is 1.54 bits per heavy atom. The van der Waals surface area contributed by atoms with E-state index in [0.29, 0.717) is 10.8 Å². The molecule has 0 unspecified atom stereocenters. The third kappa shape index (κ3) is 4.66. The van der Waals surface area contributed by atoms with Gasteiger partial charge in [-0.2, -0.15) is 0 Å². The number of likely N-dealkylation sites (N-methyl/N-ethyl adjacent to an activating group) is 1. The lowest BCUT2D eigenvalue weighted by Gasteiger charge is -2.63. The molecule has 0 aromatic heterocycles. The maximum Gasteiger partial charge on any atom is 0.0152 e. The number of likely N-dealkylation sites (tertiary alicyclic amines) is 1. The minimum atomic E-state index is 0.535. The second-order valence-electron chi connectivity index (χ2n) is 14.6. The van der Waals surface area contributed by atoms with E-state index < -0.39 is 0 Å². The average Bonchev–Trinajstić information content (AvgIpc) is 3.19. The van der Waals surface area contributed by atoms with Crippen LogP contribution in [0.5, 0.6) is 0 Å². The number of benzene rings is 1. The third-order valence-corrected chi connectivity index (χ3v) is 12.4. The van der Waals surface area contributed by atoms with Gasteiger partial charge in [-0.1, -0.05) is 84.2 Å². The fourth-order valence-electron chi connectivity index (χ4n) is 10.5. The number of nitrogens with zero attached hydrogens (tertiary/aromatic N) is 1. The largest absolute Gasteiger partial charge is 0.300 e. The zero-order valence-electron chi connectivity index (χ0n) is 23.9. The van der Waals surface area contributed by atoms with Gasteiger partial charge < -0.3 is 0 Å². The average molecular weight is 478 g/mol. The highest BCUT2D eigenvalue weighted by atomic mass is 15.2. The van der Waals surface area contributed by atoms with Crippen molar-refractivity contribution in [3.63, 3.8) is 0 Å². The molecular weight excluding hydrogens is 422 g/mol. The van der Waals surface area contributed by atoms with Crippen LogP contribution in [0.1, 0.15) is 111 Å². The Kier molecular flexibility index (Phi) is 7.49. The van der Waals surface area contributed by atoms with Crippen LogP contribution >= 0.6 is 0 Å². The molecule has 35 heavy (non-hydrogen) atoms. The first-order valence-corrected chi connectivity index (χ1v) is 15.5. The molecular formula is C34H55N. The van der Waals surface area contributed by atoms with Crippen molar-refractivity contribution < 1.29 is 0 Å². The monoisotopic (exact) mass is 477 g/mol. The molecule has 4 fully saturated rings. The second kappa shape index (κ2) is 10.2. The van der Waals surface area contributed by atoms with Crippen molar-refractivity contribution in [2.45, 2.75) is 124 Å². The molecule has 1 nitrogen and oxygen atoms in total. The highest BCUT2D eigenvalue weighted by Gasteiger charge is 2.61. The van der Waals surface area contributed by atoms with Gasteiger partial charge in [-0.3, -0.25) is 4.90 Å². The summed E-state index contributed by atoms with van der Waals surface area (Å²) in [6.45, 7) is 12.9. The molecule has 5 rings (SSSR count). The first kappa shape index (κ1) is 25.8. The van der Waals surface area contributed by atoms with Gasteiger partial charge in [0.1, 0.15) is 0 Å². The number of fused-ring (bicyclic) bond motifs is 5. The highest BCUT2D eigenvalue weighted by molar-refractivity contribution is 5.18. The van der Waals surface area contributed by atoms with E-state index in [-0.39, 0.29) is 0 Å². The minimum absolute atomic E-state index is 0.535. The minimum Gasteiger partial charge on any atom is -0.300 e. The molecule has 0 spiro atoms. The number of piperidine rings is 1. The lowest BCUT2D eigenvalue weighted by Crippen LogP contribution is -2.62. The third-order valence-electron chi connectivity index (χ3n) is 12.4. The predicted molar refractivity (Wildman–Crippen MR) is 150 cm³/mol. The first-order valence-electron chi connectivity index (χ1n) is 15.5. The first-order chi connectivity index (χ1) is 16.7. The topological polar surface area (TPSA) is 3.24 Å². The van der Waals surface area contributed by atoms with Gasteiger partial charge in [0.15, 0.2) is 0 Å². The van der Waals surface area contributed by atoms with E-state index in [4.69, 9.17) is 0 Å². The smallest absolute Gasteiger partial charge is 0.0152 e. The van der Waals surface area contributed by atoms with Crippen LogP contribution in [0.3, 0.4) is 0 Å². The molecule has 196 valence electrons. The van der Waals surface area contributed by atoms with Crippen molar-refractivity contribution in [3.8, 4) is 0 Å². The number of hydrogen-bond donors (Lipinski definition) is 0. The summed E-state index contributed by atoms with van der Waals surface area (Å²) < 4.78 is 0. The molecule has 0 bridgehead atoms. The number of rotatable bonds is 7. The molecule has 1 saturated heterocycles. The fraction of sp³-hybridized carbons (Fsp3) is 0.824. The van der Waals surface area contributed by atoms with E-state index in [9.17, 15) is 0 Å². The van der Waals surface area contributed by atoms with Crippen LogP contribution in [0.4, 0.5) is 0 Å². The van der Waals surface area contributed by atoms with Gasteiger partial charge in [-0.25, -0.2) is 0 Å². The molecule has 1 heteroatoms. The van der Waals surface area contributed by atoms with Gasteiger partial charge in [0.25, 0.3) is 0 Å². The van der Waals surface area contributed by atoms with Crippen LogP contribution < -0.4 is 0 Å². The van der Waals surface area contributed by atoms with Crippen molar-refractivity contribution in [2.24, 2.45) is 46.3 Å². The molecule has 9 atom stereocenters. The fourth-order valence-corrected chi connectivity index (χ4v) is 10.5. The van der Waals surface area contributed by atoms with Crippen LogP contribution in [0.25, 0.3) is 0 Å². The molecule has 3 saturated carbocycles. The summed E-state index contributed by atoms with van der Waals surface area (Å²) in [5.41, 5.74) is 2.68. The zero-order chi connectivity index (χ0) is 24.8. The molecule has 1 heterocycles. The van der Waals surface area contributed by atoms with Gasteiger partial charge >= 0.3 is 0 Å². The quantitative estimate of drug-likeness (QED) is 0.378. The Morgan fingerprint density at radius 1 is 0.829 bits per heavy atom. The Morgan fingerprint density at radius 3 is 2.29 bits per heavy atom. The van der Waals surface area contributed by atoms with Crippen molar-refractivity contribution in [2.75, 3.05) is 7.05 Å². The van der Waals surface area contributed by atoms with Crippen LogP contribution in [-0.2, 0) is 6.42 Å². The molecule has 1 aromatic carbocycles. The normalized spacial score (nSPS) is 42.4. The maximum atomic E-state index is 2.86. The lowest BCUT2D eigenvalue weighted by molar-refractivity contribution is -0.136. The van der Waals surface area contributed by atoms with Gasteiger partial charge in [-0.05, 0) is 117 Å². The van der Waals surface area contributed by atoms with E-state index >= 15 is 0 Å². The SMILES string of the molecule is CC(C)CCC[C@H](C)[C@H]1CC[C@H]2[C@H]3CC[C@H]4N(C)[C@@H](Cc5ccccc5)CC[C@]4(C)[C@@H]3CC[C@]12C. The molecule has 1 aromatic rings. The van der Waals surface area contributed by atoms with Crippen molar-refractivity contribution >= 4 is 0 Å². The van der Waals surface area contributed by atoms with E-state index in [1.54, 1.807) is 0 Å². The molecule has 0 amide bonds. The summed E-state index contributed by atoms with van der Waals surface area (Å²) in [6, 6.07) is 12.8. The van der Waals surface area contributed by atoms with Gasteiger partial charge in [0.2, 0.25) is 0 Å². The van der Waals surface area contributed by atoms with Crippen molar-refractivity contribution in [3.05, 3.63) is 35.9 Å².